The minimum absolute atomic E-state index is 0.370. The van der Waals surface area contributed by atoms with Crippen LogP contribution in [-0.4, -0.2) is 63.6 Å². The van der Waals surface area contributed by atoms with Gasteiger partial charge in [0.2, 0.25) is 5.75 Å². The van der Waals surface area contributed by atoms with Crippen LogP contribution in [0, 0.1) is 0 Å². The topological polar surface area (TPSA) is 86.7 Å². The lowest BCUT2D eigenvalue weighted by atomic mass is 9.91. The van der Waals surface area contributed by atoms with Gasteiger partial charge in [0, 0.05) is 0 Å². The van der Waals surface area contributed by atoms with Crippen LogP contribution >= 0.6 is 0 Å². The van der Waals surface area contributed by atoms with Crippen LogP contribution in [0.3, 0.4) is 0 Å². The molecule has 33 heavy (non-hydrogen) atoms. The number of likely N-dealkylation sites (tertiary alicyclic amines) is 1. The number of carboxylic acid groups (broad SMARTS) is 1. The summed E-state index contributed by atoms with van der Waals surface area (Å²) in [7, 11) is 6.29. The average molecular weight is 460 g/mol. The quantitative estimate of drug-likeness (QED) is 0.567. The van der Waals surface area contributed by atoms with Crippen LogP contribution in [0.2, 0.25) is 0 Å². The summed E-state index contributed by atoms with van der Waals surface area (Å²) in [4.78, 5) is 14.2. The van der Waals surface area contributed by atoms with Gasteiger partial charge in [0.15, 0.2) is 23.0 Å². The molecule has 0 radical (unpaired) electrons. The Morgan fingerprint density at radius 2 is 1.58 bits per heavy atom. The van der Waals surface area contributed by atoms with Crippen molar-refractivity contribution < 1.29 is 33.6 Å². The van der Waals surface area contributed by atoms with E-state index >= 15 is 0 Å². The fourth-order valence-corrected chi connectivity index (χ4v) is 4.49. The Morgan fingerprint density at radius 3 is 2.12 bits per heavy atom. The van der Waals surface area contributed by atoms with Gasteiger partial charge >= 0.3 is 5.97 Å². The van der Waals surface area contributed by atoms with Gasteiger partial charge in [0.05, 0.1) is 41.1 Å². The second-order valence-corrected chi connectivity index (χ2v) is 7.79. The van der Waals surface area contributed by atoms with Crippen molar-refractivity contribution in [3.8, 4) is 28.7 Å². The fourth-order valence-electron chi connectivity index (χ4n) is 4.49. The van der Waals surface area contributed by atoms with E-state index < -0.39 is 12.0 Å². The molecule has 2 unspecified atom stereocenters. The van der Waals surface area contributed by atoms with Crippen LogP contribution in [-0.2, 0) is 4.79 Å². The van der Waals surface area contributed by atoms with E-state index in [0.29, 0.717) is 48.3 Å². The molecule has 0 bridgehead atoms. The number of hydrogen-bond acceptors (Lipinski definition) is 7. The van der Waals surface area contributed by atoms with Crippen LogP contribution in [0.4, 0.5) is 0 Å². The van der Waals surface area contributed by atoms with E-state index in [4.69, 9.17) is 23.7 Å². The zero-order valence-electron chi connectivity index (χ0n) is 19.9. The Labute approximate surface area is 195 Å². The van der Waals surface area contributed by atoms with E-state index in [1.807, 2.05) is 42.2 Å². The number of aliphatic carboxylic acids is 1. The maximum Gasteiger partial charge on any atom is 0.320 e. The van der Waals surface area contributed by atoms with E-state index in [1.54, 1.807) is 28.4 Å². The Morgan fingerprint density at radius 1 is 0.939 bits per heavy atom. The Kier molecular flexibility index (Phi) is 8.27. The predicted molar refractivity (Wildman–Crippen MR) is 124 cm³/mol. The van der Waals surface area contributed by atoms with Crippen molar-refractivity contribution in [1.82, 2.24) is 4.90 Å². The summed E-state index contributed by atoms with van der Waals surface area (Å²) in [5, 5.41) is 10.0. The monoisotopic (exact) mass is 459 g/mol. The van der Waals surface area contributed by atoms with Crippen molar-refractivity contribution in [2.75, 3.05) is 41.6 Å². The Balaban J connectivity index is 2.23. The van der Waals surface area contributed by atoms with Gasteiger partial charge < -0.3 is 28.8 Å². The van der Waals surface area contributed by atoms with Gasteiger partial charge in [0.1, 0.15) is 6.04 Å². The highest BCUT2D eigenvalue weighted by atomic mass is 16.5. The van der Waals surface area contributed by atoms with E-state index in [9.17, 15) is 9.90 Å². The summed E-state index contributed by atoms with van der Waals surface area (Å²) in [6.07, 6.45) is 2.38. The first kappa shape index (κ1) is 24.5. The highest BCUT2D eigenvalue weighted by Crippen LogP contribution is 2.44. The van der Waals surface area contributed by atoms with E-state index in [0.717, 1.165) is 24.0 Å². The number of piperidine rings is 1. The van der Waals surface area contributed by atoms with Crippen LogP contribution in [0.1, 0.15) is 43.4 Å². The predicted octanol–water partition coefficient (Wildman–Crippen LogP) is 4.15. The third kappa shape index (κ3) is 5.11. The van der Waals surface area contributed by atoms with Gasteiger partial charge in [-0.3, -0.25) is 9.69 Å². The van der Waals surface area contributed by atoms with E-state index in [2.05, 4.69) is 0 Å². The number of benzene rings is 2. The Hall–Kier alpha value is -3.13. The van der Waals surface area contributed by atoms with Crippen molar-refractivity contribution in [3.05, 3.63) is 41.5 Å². The Bertz CT molecular complexity index is 937. The normalized spacial score (nSPS) is 17.2. The van der Waals surface area contributed by atoms with E-state index in [-0.39, 0.29) is 6.04 Å². The largest absolute Gasteiger partial charge is 0.493 e. The second kappa shape index (κ2) is 11.1. The molecule has 180 valence electrons. The number of nitrogens with zero attached hydrogens (tertiary/aromatic N) is 1. The maximum absolute atomic E-state index is 12.2. The zero-order chi connectivity index (χ0) is 24.0. The first-order valence-electron chi connectivity index (χ1n) is 11.1. The molecule has 1 heterocycles. The SMILES string of the molecule is CCOc1cc(C(c2cc(OC)c(OC)c(OC)c2)N2CCCCC2C(=O)O)ccc1OC. The third-order valence-corrected chi connectivity index (χ3v) is 5.97. The van der Waals surface area contributed by atoms with Crippen molar-refractivity contribution in [1.29, 1.82) is 0 Å². The number of ether oxygens (including phenoxy) is 5. The highest BCUT2D eigenvalue weighted by molar-refractivity contribution is 5.74. The maximum atomic E-state index is 12.2. The standard InChI is InChI=1S/C25H33NO7/c1-6-33-20-13-16(10-11-19(20)29-2)23(26-12-8-7-9-18(26)25(27)28)17-14-21(30-3)24(32-5)22(15-17)31-4/h10-11,13-15,18,23H,6-9,12H2,1-5H3,(H,27,28). The summed E-state index contributed by atoms with van der Waals surface area (Å²) < 4.78 is 27.9. The van der Waals surface area contributed by atoms with Gasteiger partial charge in [-0.1, -0.05) is 12.5 Å². The van der Waals surface area contributed by atoms with Gasteiger partial charge in [-0.05, 0) is 61.7 Å². The molecule has 0 aromatic heterocycles. The number of carbonyl (C=O) groups is 1. The lowest BCUT2D eigenvalue weighted by Gasteiger charge is -2.40. The molecule has 8 heteroatoms. The first-order chi connectivity index (χ1) is 16.0. The summed E-state index contributed by atoms with van der Waals surface area (Å²) in [6, 6.07) is 8.50. The summed E-state index contributed by atoms with van der Waals surface area (Å²) in [5.41, 5.74) is 1.73. The number of rotatable bonds is 10. The molecule has 8 nitrogen and oxygen atoms in total. The number of carboxylic acids is 1. The molecule has 2 aromatic rings. The van der Waals surface area contributed by atoms with Crippen LogP contribution in [0.25, 0.3) is 0 Å². The van der Waals surface area contributed by atoms with Crippen molar-refractivity contribution in [3.63, 3.8) is 0 Å². The van der Waals surface area contributed by atoms with Gasteiger partial charge in [0.25, 0.3) is 0 Å². The molecule has 2 aromatic carbocycles. The second-order valence-electron chi connectivity index (χ2n) is 7.79. The molecule has 1 aliphatic rings. The average Bonchev–Trinajstić information content (AvgIpc) is 2.84. The molecule has 1 N–H and O–H groups in total. The first-order valence-corrected chi connectivity index (χ1v) is 11.1. The van der Waals surface area contributed by atoms with E-state index in [1.165, 1.54) is 0 Å². The van der Waals surface area contributed by atoms with Crippen LogP contribution < -0.4 is 23.7 Å². The number of hydrogen-bond donors (Lipinski definition) is 1. The van der Waals surface area contributed by atoms with Crippen LogP contribution in [0.5, 0.6) is 28.7 Å². The minimum Gasteiger partial charge on any atom is -0.493 e. The molecule has 1 saturated heterocycles. The summed E-state index contributed by atoms with van der Waals surface area (Å²) in [5.74, 6) is 1.92. The zero-order valence-corrected chi connectivity index (χ0v) is 19.9. The molecule has 3 rings (SSSR count). The third-order valence-electron chi connectivity index (χ3n) is 5.97. The number of methoxy groups -OCH3 is 4. The molecule has 0 aliphatic carbocycles. The van der Waals surface area contributed by atoms with Gasteiger partial charge in [-0.25, -0.2) is 0 Å². The molecule has 0 amide bonds. The van der Waals surface area contributed by atoms with Crippen molar-refractivity contribution >= 4 is 5.97 Å². The molecular weight excluding hydrogens is 426 g/mol. The highest BCUT2D eigenvalue weighted by Gasteiger charge is 2.36. The van der Waals surface area contributed by atoms with Crippen molar-refractivity contribution in [2.45, 2.75) is 38.3 Å². The smallest absolute Gasteiger partial charge is 0.320 e. The summed E-state index contributed by atoms with van der Waals surface area (Å²) in [6.45, 7) is 3.04. The minimum atomic E-state index is -0.828. The fraction of sp³-hybridized carbons (Fsp3) is 0.480. The lowest BCUT2D eigenvalue weighted by Crippen LogP contribution is -2.46. The van der Waals surface area contributed by atoms with Gasteiger partial charge in [-0.15, -0.1) is 0 Å². The molecule has 0 spiro atoms. The van der Waals surface area contributed by atoms with Gasteiger partial charge in [-0.2, -0.15) is 0 Å². The van der Waals surface area contributed by atoms with Crippen molar-refractivity contribution in [2.24, 2.45) is 0 Å². The lowest BCUT2D eigenvalue weighted by molar-refractivity contribution is -0.145. The molecular formula is C25H33NO7. The molecule has 1 fully saturated rings. The molecule has 1 aliphatic heterocycles. The van der Waals surface area contributed by atoms with Crippen LogP contribution in [0.15, 0.2) is 30.3 Å². The summed E-state index contributed by atoms with van der Waals surface area (Å²) >= 11 is 0. The molecule has 2 atom stereocenters. The molecule has 0 saturated carbocycles.